The van der Waals surface area contributed by atoms with Gasteiger partial charge in [0.25, 0.3) is 0 Å². The molecule has 20 heavy (non-hydrogen) atoms. The first-order chi connectivity index (χ1) is 9.69. The van der Waals surface area contributed by atoms with E-state index < -0.39 is 5.97 Å². The number of ether oxygens (including phenoxy) is 1. The summed E-state index contributed by atoms with van der Waals surface area (Å²) in [7, 11) is 1.22. The molecule has 0 aliphatic rings. The number of rotatable bonds is 4. The summed E-state index contributed by atoms with van der Waals surface area (Å²) in [5.74, 6) is -0.883. The van der Waals surface area contributed by atoms with Gasteiger partial charge in [0.05, 0.1) is 18.2 Å². The Hall–Kier alpha value is -2.40. The van der Waals surface area contributed by atoms with Crippen LogP contribution in [0.3, 0.4) is 0 Å². The van der Waals surface area contributed by atoms with Gasteiger partial charge in [0, 0.05) is 11.1 Å². The van der Waals surface area contributed by atoms with Crippen molar-refractivity contribution in [3.8, 4) is 0 Å². The van der Waals surface area contributed by atoms with E-state index in [1.165, 1.54) is 18.4 Å². The van der Waals surface area contributed by atoms with E-state index in [9.17, 15) is 14.7 Å². The Kier molecular flexibility index (Phi) is 4.32. The maximum absolute atomic E-state index is 12.4. The van der Waals surface area contributed by atoms with E-state index >= 15 is 0 Å². The van der Waals surface area contributed by atoms with Gasteiger partial charge in [-0.2, -0.15) is 0 Å². The topological polar surface area (TPSA) is 63.6 Å². The number of aliphatic hydroxyl groups excluding tert-OH is 1. The van der Waals surface area contributed by atoms with Gasteiger partial charge in [0.15, 0.2) is 0 Å². The Morgan fingerprint density at radius 1 is 1.20 bits per heavy atom. The zero-order valence-electron chi connectivity index (χ0n) is 10.7. The van der Waals surface area contributed by atoms with E-state index in [2.05, 4.69) is 4.74 Å². The molecule has 1 aromatic carbocycles. The molecular formula is C15H12O4S. The molecule has 0 radical (unpaired) electrons. The fraction of sp³-hybridized carbons (Fsp3) is 0.0667. The molecule has 1 heterocycles. The Bertz CT molecular complexity index is 656. The van der Waals surface area contributed by atoms with Crippen molar-refractivity contribution < 1.29 is 19.4 Å². The fourth-order valence-corrected chi connectivity index (χ4v) is 2.63. The fourth-order valence-electron chi connectivity index (χ4n) is 1.76. The average Bonchev–Trinajstić information content (AvgIpc) is 2.97. The van der Waals surface area contributed by atoms with Crippen LogP contribution in [0.15, 0.2) is 48.0 Å². The second-order valence-electron chi connectivity index (χ2n) is 3.89. The molecule has 0 fully saturated rings. The summed E-state index contributed by atoms with van der Waals surface area (Å²) in [6, 6.07) is 10.4. The highest BCUT2D eigenvalue weighted by Gasteiger charge is 2.22. The lowest BCUT2D eigenvalue weighted by Gasteiger charge is -2.05. The van der Waals surface area contributed by atoms with Crippen LogP contribution in [0.1, 0.15) is 20.8 Å². The molecule has 2 rings (SSSR count). The Labute approximate surface area is 119 Å². The van der Waals surface area contributed by atoms with Crippen molar-refractivity contribution >= 4 is 28.7 Å². The molecule has 0 aliphatic carbocycles. The molecule has 0 spiro atoms. The molecule has 0 bridgehead atoms. The molecule has 5 heteroatoms. The summed E-state index contributed by atoms with van der Waals surface area (Å²) in [4.78, 5) is 24.4. The highest BCUT2D eigenvalue weighted by Crippen LogP contribution is 2.27. The van der Waals surface area contributed by atoms with E-state index in [-0.39, 0.29) is 11.4 Å². The van der Waals surface area contributed by atoms with Gasteiger partial charge in [0.1, 0.15) is 5.57 Å². The van der Waals surface area contributed by atoms with E-state index in [1.807, 2.05) is 6.07 Å². The van der Waals surface area contributed by atoms with Crippen molar-refractivity contribution in [3.63, 3.8) is 0 Å². The van der Waals surface area contributed by atoms with E-state index in [1.54, 1.807) is 35.7 Å². The van der Waals surface area contributed by atoms with Crippen LogP contribution < -0.4 is 0 Å². The predicted molar refractivity (Wildman–Crippen MR) is 76.8 cm³/mol. The van der Waals surface area contributed by atoms with Crippen molar-refractivity contribution in [2.75, 3.05) is 7.11 Å². The summed E-state index contributed by atoms with van der Waals surface area (Å²) in [5, 5.41) is 10.9. The molecule has 0 saturated carbocycles. The van der Waals surface area contributed by atoms with Crippen molar-refractivity contribution in [2.45, 2.75) is 0 Å². The highest BCUT2D eigenvalue weighted by molar-refractivity contribution is 7.12. The summed E-state index contributed by atoms with van der Waals surface area (Å²) in [6.45, 7) is 0. The molecule has 1 aromatic heterocycles. The number of esters is 1. The van der Waals surface area contributed by atoms with Gasteiger partial charge in [-0.1, -0.05) is 30.3 Å². The molecule has 4 nitrogen and oxygen atoms in total. The molecule has 102 valence electrons. The maximum Gasteiger partial charge on any atom is 0.341 e. The zero-order valence-corrected chi connectivity index (χ0v) is 11.5. The standard InChI is InChI=1S/C15H12O4S/c1-19-15(18)12(9-16)11-7-8-20-14(11)13(17)10-5-3-2-4-6-10/h2-9,16H,1H3/b12-9-. The second kappa shape index (κ2) is 6.16. The maximum atomic E-state index is 12.4. The number of benzene rings is 1. The highest BCUT2D eigenvalue weighted by atomic mass is 32.1. The van der Waals surface area contributed by atoms with Gasteiger partial charge in [-0.25, -0.2) is 4.79 Å². The van der Waals surface area contributed by atoms with Crippen molar-refractivity contribution in [3.05, 3.63) is 64.0 Å². The zero-order chi connectivity index (χ0) is 14.5. The number of methoxy groups -OCH3 is 1. The third kappa shape index (κ3) is 2.62. The van der Waals surface area contributed by atoms with Gasteiger partial charge in [-0.3, -0.25) is 4.79 Å². The van der Waals surface area contributed by atoms with Crippen molar-refractivity contribution in [2.24, 2.45) is 0 Å². The number of hydrogen-bond donors (Lipinski definition) is 1. The smallest absolute Gasteiger partial charge is 0.341 e. The summed E-state index contributed by atoms with van der Waals surface area (Å²) >= 11 is 1.21. The summed E-state index contributed by atoms with van der Waals surface area (Å²) < 4.78 is 4.59. The van der Waals surface area contributed by atoms with E-state index in [4.69, 9.17) is 0 Å². The molecule has 2 aromatic rings. The summed E-state index contributed by atoms with van der Waals surface area (Å²) in [6.07, 6.45) is 0.662. The van der Waals surface area contributed by atoms with Gasteiger partial charge >= 0.3 is 5.97 Å². The van der Waals surface area contributed by atoms with Crippen molar-refractivity contribution in [1.82, 2.24) is 0 Å². The monoisotopic (exact) mass is 288 g/mol. The Morgan fingerprint density at radius 3 is 2.50 bits per heavy atom. The predicted octanol–water partition coefficient (Wildman–Crippen LogP) is 3.05. The molecule has 0 atom stereocenters. The van der Waals surface area contributed by atoms with Crippen LogP contribution in [0.2, 0.25) is 0 Å². The third-order valence-corrected chi connectivity index (χ3v) is 3.65. The number of ketones is 1. The number of thiophene rings is 1. The first-order valence-corrected chi connectivity index (χ1v) is 6.67. The number of hydrogen-bond acceptors (Lipinski definition) is 5. The normalized spacial score (nSPS) is 11.2. The van der Waals surface area contributed by atoms with Gasteiger partial charge in [0.2, 0.25) is 5.78 Å². The lowest BCUT2D eigenvalue weighted by Crippen LogP contribution is -2.08. The largest absolute Gasteiger partial charge is 0.515 e. The van der Waals surface area contributed by atoms with Gasteiger partial charge in [-0.05, 0) is 11.4 Å². The minimum Gasteiger partial charge on any atom is -0.515 e. The second-order valence-corrected chi connectivity index (χ2v) is 4.81. The molecule has 0 aliphatic heterocycles. The molecular weight excluding hydrogens is 276 g/mol. The van der Waals surface area contributed by atoms with Crippen LogP contribution in [0.5, 0.6) is 0 Å². The quantitative estimate of drug-likeness (QED) is 0.406. The molecule has 0 unspecified atom stereocenters. The first-order valence-electron chi connectivity index (χ1n) is 5.79. The lowest BCUT2D eigenvalue weighted by atomic mass is 10.0. The number of carbonyl (C=O) groups excluding carboxylic acids is 2. The SMILES string of the molecule is COC(=O)/C(=C\O)c1ccsc1C(=O)c1ccccc1. The van der Waals surface area contributed by atoms with Crippen LogP contribution >= 0.6 is 11.3 Å². The van der Waals surface area contributed by atoms with E-state index in [0.29, 0.717) is 22.3 Å². The first kappa shape index (κ1) is 14.0. The molecule has 0 amide bonds. The molecule has 0 saturated heterocycles. The van der Waals surface area contributed by atoms with Gasteiger partial charge in [-0.15, -0.1) is 11.3 Å². The minimum absolute atomic E-state index is 0.0342. The number of aliphatic hydroxyl groups is 1. The van der Waals surface area contributed by atoms with Crippen LogP contribution in [-0.2, 0) is 9.53 Å². The third-order valence-electron chi connectivity index (χ3n) is 2.73. The Morgan fingerprint density at radius 2 is 1.90 bits per heavy atom. The summed E-state index contributed by atoms with van der Waals surface area (Å²) in [5.41, 5.74) is 0.865. The number of carbonyl (C=O) groups is 2. The van der Waals surface area contributed by atoms with Crippen LogP contribution in [-0.4, -0.2) is 24.0 Å². The Balaban J connectivity index is 2.44. The average molecular weight is 288 g/mol. The van der Waals surface area contributed by atoms with Crippen LogP contribution in [0.25, 0.3) is 5.57 Å². The lowest BCUT2D eigenvalue weighted by molar-refractivity contribution is -0.133. The molecule has 1 N–H and O–H groups in total. The van der Waals surface area contributed by atoms with Crippen LogP contribution in [0.4, 0.5) is 0 Å². The minimum atomic E-state index is -0.687. The van der Waals surface area contributed by atoms with Crippen LogP contribution in [0, 0.1) is 0 Å². The van der Waals surface area contributed by atoms with Crippen molar-refractivity contribution in [1.29, 1.82) is 0 Å². The van der Waals surface area contributed by atoms with Gasteiger partial charge < -0.3 is 9.84 Å². The van der Waals surface area contributed by atoms with E-state index in [0.717, 1.165) is 0 Å².